The van der Waals surface area contributed by atoms with Gasteiger partial charge in [0.05, 0.1) is 18.5 Å². The van der Waals surface area contributed by atoms with E-state index in [9.17, 15) is 13.6 Å². The molecule has 2 aromatic carbocycles. The summed E-state index contributed by atoms with van der Waals surface area (Å²) in [6.07, 6.45) is 0. The van der Waals surface area contributed by atoms with Gasteiger partial charge >= 0.3 is 0 Å². The van der Waals surface area contributed by atoms with Crippen LogP contribution in [0.4, 0.5) is 20.2 Å². The lowest BCUT2D eigenvalue weighted by molar-refractivity contribution is 0.101. The first kappa shape index (κ1) is 14.8. The number of nitrogens with one attached hydrogen (secondary N) is 1. The number of nitrogens with two attached hydrogens (primary N) is 1. The average Bonchev–Trinajstić information content (AvgIpc) is 2.46. The predicted octanol–water partition coefficient (Wildman–Crippen LogP) is 3.12. The summed E-state index contributed by atoms with van der Waals surface area (Å²) in [6, 6.07) is 6.92. The number of nitrogen functional groups attached to an aromatic ring is 1. The third-order valence-corrected chi connectivity index (χ3v) is 3.02. The number of carbonyl (C=O) groups excluding carboxylic acids is 1. The van der Waals surface area contributed by atoms with Crippen molar-refractivity contribution in [1.82, 2.24) is 0 Å². The van der Waals surface area contributed by atoms with E-state index in [0.29, 0.717) is 5.75 Å². The molecule has 0 aliphatic carbocycles. The van der Waals surface area contributed by atoms with Crippen LogP contribution in [0.2, 0.25) is 0 Å². The van der Waals surface area contributed by atoms with Crippen molar-refractivity contribution >= 4 is 17.3 Å². The number of methoxy groups -OCH3 is 1. The Morgan fingerprint density at radius 1 is 1.24 bits per heavy atom. The molecule has 0 fully saturated rings. The molecule has 3 N–H and O–H groups in total. The molecule has 2 rings (SSSR count). The minimum absolute atomic E-state index is 0.181. The standard InChI is InChI=1S/C15H14F2N2O2/c1-8-3-5-10(16)13(14(8)17)15(20)19-12-7-9(21-2)4-6-11(12)18/h3-7H,18H2,1-2H3,(H,19,20). The first-order valence-electron chi connectivity index (χ1n) is 6.13. The number of benzene rings is 2. The number of rotatable bonds is 3. The number of ether oxygens (including phenoxy) is 1. The van der Waals surface area contributed by atoms with Crippen LogP contribution in [0.25, 0.3) is 0 Å². The molecule has 0 spiro atoms. The quantitative estimate of drug-likeness (QED) is 0.854. The Balaban J connectivity index is 2.37. The van der Waals surface area contributed by atoms with Crippen LogP contribution in [0.1, 0.15) is 15.9 Å². The topological polar surface area (TPSA) is 64.3 Å². The Morgan fingerprint density at radius 2 is 1.95 bits per heavy atom. The van der Waals surface area contributed by atoms with Gasteiger partial charge in [-0.25, -0.2) is 8.78 Å². The first-order chi connectivity index (χ1) is 9.93. The fourth-order valence-corrected chi connectivity index (χ4v) is 1.82. The van der Waals surface area contributed by atoms with Crippen molar-refractivity contribution in [1.29, 1.82) is 0 Å². The Hall–Kier alpha value is -2.63. The van der Waals surface area contributed by atoms with Crippen molar-refractivity contribution in [2.45, 2.75) is 6.92 Å². The summed E-state index contributed by atoms with van der Waals surface area (Å²) in [5.41, 5.74) is 5.74. The van der Waals surface area contributed by atoms with Gasteiger partial charge in [-0.05, 0) is 30.7 Å². The zero-order chi connectivity index (χ0) is 15.6. The lowest BCUT2D eigenvalue weighted by Gasteiger charge is -2.11. The second kappa shape index (κ2) is 5.78. The molecule has 0 radical (unpaired) electrons. The van der Waals surface area contributed by atoms with Crippen LogP contribution in [0.15, 0.2) is 30.3 Å². The van der Waals surface area contributed by atoms with Crippen LogP contribution in [-0.4, -0.2) is 13.0 Å². The third-order valence-electron chi connectivity index (χ3n) is 3.02. The summed E-state index contributed by atoms with van der Waals surface area (Å²) in [5.74, 6) is -2.27. The van der Waals surface area contributed by atoms with Crippen molar-refractivity contribution < 1.29 is 18.3 Å². The smallest absolute Gasteiger partial charge is 0.261 e. The maximum atomic E-state index is 13.9. The molecule has 110 valence electrons. The lowest BCUT2D eigenvalue weighted by Crippen LogP contribution is -2.17. The number of hydrogen-bond acceptors (Lipinski definition) is 3. The van der Waals surface area contributed by atoms with E-state index in [-0.39, 0.29) is 16.9 Å². The second-order valence-corrected chi connectivity index (χ2v) is 4.46. The van der Waals surface area contributed by atoms with E-state index < -0.39 is 23.1 Å². The lowest BCUT2D eigenvalue weighted by atomic mass is 10.1. The van der Waals surface area contributed by atoms with Gasteiger partial charge in [-0.15, -0.1) is 0 Å². The average molecular weight is 292 g/mol. The summed E-state index contributed by atoms with van der Waals surface area (Å²) in [4.78, 5) is 12.1. The molecule has 0 saturated heterocycles. The molecule has 0 saturated carbocycles. The van der Waals surface area contributed by atoms with E-state index in [4.69, 9.17) is 10.5 Å². The summed E-state index contributed by atoms with van der Waals surface area (Å²) in [5, 5.41) is 2.39. The maximum Gasteiger partial charge on any atom is 0.261 e. The molecule has 2 aromatic rings. The molecule has 0 heterocycles. The molecule has 0 aliphatic heterocycles. The summed E-state index contributed by atoms with van der Waals surface area (Å²) < 4.78 is 32.6. The highest BCUT2D eigenvalue weighted by Gasteiger charge is 2.20. The van der Waals surface area contributed by atoms with Crippen molar-refractivity contribution in [3.05, 3.63) is 53.1 Å². The molecule has 6 heteroatoms. The zero-order valence-electron chi connectivity index (χ0n) is 11.5. The molecule has 1 amide bonds. The Kier molecular flexibility index (Phi) is 4.07. The minimum atomic E-state index is -0.933. The van der Waals surface area contributed by atoms with Gasteiger partial charge < -0.3 is 15.8 Å². The highest BCUT2D eigenvalue weighted by atomic mass is 19.1. The molecular formula is C15H14F2N2O2. The zero-order valence-corrected chi connectivity index (χ0v) is 11.5. The summed E-state index contributed by atoms with van der Waals surface area (Å²) >= 11 is 0. The van der Waals surface area contributed by atoms with E-state index in [1.807, 2.05) is 0 Å². The fraction of sp³-hybridized carbons (Fsp3) is 0.133. The van der Waals surface area contributed by atoms with Crippen LogP contribution in [-0.2, 0) is 0 Å². The summed E-state index contributed by atoms with van der Waals surface area (Å²) in [7, 11) is 1.46. The van der Waals surface area contributed by atoms with Gasteiger partial charge in [0.25, 0.3) is 5.91 Å². The third kappa shape index (κ3) is 2.94. The predicted molar refractivity (Wildman–Crippen MR) is 76.5 cm³/mol. The number of anilines is 2. The molecule has 21 heavy (non-hydrogen) atoms. The van der Waals surface area contributed by atoms with Crippen molar-refractivity contribution in [2.75, 3.05) is 18.2 Å². The number of halogens is 2. The minimum Gasteiger partial charge on any atom is -0.497 e. The fourth-order valence-electron chi connectivity index (χ4n) is 1.82. The van der Waals surface area contributed by atoms with Crippen LogP contribution >= 0.6 is 0 Å². The molecule has 0 aliphatic rings. The van der Waals surface area contributed by atoms with E-state index in [1.54, 1.807) is 6.07 Å². The molecule has 0 aromatic heterocycles. The van der Waals surface area contributed by atoms with Gasteiger partial charge in [-0.1, -0.05) is 6.07 Å². The molecule has 0 atom stereocenters. The summed E-state index contributed by atoms with van der Waals surface area (Å²) in [6.45, 7) is 1.45. The number of amides is 1. The number of hydrogen-bond donors (Lipinski definition) is 2. The molecular weight excluding hydrogens is 278 g/mol. The van der Waals surface area contributed by atoms with E-state index in [0.717, 1.165) is 6.07 Å². The Labute approximate surface area is 120 Å². The monoisotopic (exact) mass is 292 g/mol. The van der Waals surface area contributed by atoms with Gasteiger partial charge in [0.2, 0.25) is 0 Å². The second-order valence-electron chi connectivity index (χ2n) is 4.46. The number of carbonyl (C=O) groups is 1. The SMILES string of the molecule is COc1ccc(N)c(NC(=O)c2c(F)ccc(C)c2F)c1. The van der Waals surface area contributed by atoms with E-state index in [1.165, 1.54) is 32.2 Å². The normalized spacial score (nSPS) is 10.3. The first-order valence-corrected chi connectivity index (χ1v) is 6.13. The van der Waals surface area contributed by atoms with Crippen molar-refractivity contribution in [3.63, 3.8) is 0 Å². The highest BCUT2D eigenvalue weighted by Crippen LogP contribution is 2.26. The largest absolute Gasteiger partial charge is 0.497 e. The van der Waals surface area contributed by atoms with Crippen LogP contribution in [0.3, 0.4) is 0 Å². The van der Waals surface area contributed by atoms with Gasteiger partial charge in [0, 0.05) is 6.07 Å². The van der Waals surface area contributed by atoms with Gasteiger partial charge in [-0.2, -0.15) is 0 Å². The van der Waals surface area contributed by atoms with E-state index >= 15 is 0 Å². The molecule has 0 unspecified atom stereocenters. The van der Waals surface area contributed by atoms with Crippen LogP contribution in [0.5, 0.6) is 5.75 Å². The van der Waals surface area contributed by atoms with Crippen molar-refractivity contribution in [2.24, 2.45) is 0 Å². The van der Waals surface area contributed by atoms with Crippen LogP contribution in [0, 0.1) is 18.6 Å². The molecule has 0 bridgehead atoms. The van der Waals surface area contributed by atoms with Crippen molar-refractivity contribution in [3.8, 4) is 5.75 Å². The molecule has 4 nitrogen and oxygen atoms in total. The van der Waals surface area contributed by atoms with E-state index in [2.05, 4.69) is 5.32 Å². The van der Waals surface area contributed by atoms with Gasteiger partial charge in [0.15, 0.2) is 0 Å². The highest BCUT2D eigenvalue weighted by molar-refractivity contribution is 6.06. The Morgan fingerprint density at radius 3 is 2.62 bits per heavy atom. The Bertz CT molecular complexity index is 702. The van der Waals surface area contributed by atoms with Gasteiger partial charge in [0.1, 0.15) is 22.9 Å². The van der Waals surface area contributed by atoms with Gasteiger partial charge in [-0.3, -0.25) is 4.79 Å². The van der Waals surface area contributed by atoms with Crippen LogP contribution < -0.4 is 15.8 Å². The number of aryl methyl sites for hydroxylation is 1. The maximum absolute atomic E-state index is 13.9.